The van der Waals surface area contributed by atoms with E-state index in [1.807, 2.05) is 0 Å². The van der Waals surface area contributed by atoms with E-state index in [9.17, 15) is 8.42 Å². The molecule has 0 fully saturated rings. The highest BCUT2D eigenvalue weighted by Crippen LogP contribution is 2.07. The van der Waals surface area contributed by atoms with E-state index >= 15 is 0 Å². The topological polar surface area (TPSA) is 43.4 Å². The van der Waals surface area contributed by atoms with Crippen LogP contribution in [0.3, 0.4) is 0 Å². The highest BCUT2D eigenvalue weighted by Gasteiger charge is 2.11. The van der Waals surface area contributed by atoms with Gasteiger partial charge in [0.2, 0.25) is 0 Å². The molecule has 0 aromatic carbocycles. The van der Waals surface area contributed by atoms with Crippen molar-refractivity contribution >= 4 is 10.1 Å². The van der Waals surface area contributed by atoms with Crippen molar-refractivity contribution in [2.24, 2.45) is 0 Å². The second kappa shape index (κ2) is 4.31. The average molecular weight is 176 g/mol. The predicted octanol–water partition coefficient (Wildman–Crippen LogP) is 1.44. The second-order valence-electron chi connectivity index (χ2n) is 1.87. The maximum atomic E-state index is 11.0. The van der Waals surface area contributed by atoms with Crippen LogP contribution in [0.25, 0.3) is 0 Å². The molecule has 0 amide bonds. The first-order valence-corrected chi connectivity index (χ1v) is 4.64. The fraction of sp³-hybridized carbons (Fsp3) is 0.429. The molecule has 0 radical (unpaired) electrons. The van der Waals surface area contributed by atoms with Crippen LogP contribution in [0, 0.1) is 0 Å². The van der Waals surface area contributed by atoms with Gasteiger partial charge >= 0.3 is 0 Å². The van der Waals surface area contributed by atoms with Crippen molar-refractivity contribution in [2.45, 2.75) is 13.8 Å². The molecule has 0 aromatic rings. The van der Waals surface area contributed by atoms with Gasteiger partial charge in [0.1, 0.15) is 0 Å². The molecule has 0 aliphatic carbocycles. The van der Waals surface area contributed by atoms with Gasteiger partial charge in [0.15, 0.2) is 0 Å². The van der Waals surface area contributed by atoms with E-state index in [0.29, 0.717) is 0 Å². The lowest BCUT2D eigenvalue weighted by atomic mass is 10.5. The summed E-state index contributed by atoms with van der Waals surface area (Å²) in [6, 6.07) is 0. The molecule has 0 atom stereocenters. The lowest BCUT2D eigenvalue weighted by Crippen LogP contribution is -2.05. The Morgan fingerprint density at radius 1 is 1.64 bits per heavy atom. The maximum absolute atomic E-state index is 11.0. The van der Waals surface area contributed by atoms with Crippen LogP contribution in [0.4, 0.5) is 0 Å². The lowest BCUT2D eigenvalue weighted by molar-refractivity contribution is 0.343. The molecule has 64 valence electrons. The average Bonchev–Trinajstić information content (AvgIpc) is 1.88. The van der Waals surface area contributed by atoms with Crippen LogP contribution in [0.1, 0.15) is 13.8 Å². The largest absolute Gasteiger partial charge is 0.292 e. The molecule has 0 rings (SSSR count). The van der Waals surface area contributed by atoms with Gasteiger partial charge in [-0.2, -0.15) is 8.42 Å². The summed E-state index contributed by atoms with van der Waals surface area (Å²) in [5.41, 5.74) is 0. The second-order valence-corrected chi connectivity index (χ2v) is 3.66. The summed E-state index contributed by atoms with van der Waals surface area (Å²) in [6.45, 7) is 6.62. The van der Waals surface area contributed by atoms with Gasteiger partial charge in [-0.15, -0.1) is 0 Å². The van der Waals surface area contributed by atoms with Crippen LogP contribution in [0.15, 0.2) is 23.6 Å². The van der Waals surface area contributed by atoms with Crippen molar-refractivity contribution in [1.82, 2.24) is 0 Å². The summed E-state index contributed by atoms with van der Waals surface area (Å²) < 4.78 is 26.5. The van der Waals surface area contributed by atoms with Crippen molar-refractivity contribution in [3.05, 3.63) is 23.6 Å². The Morgan fingerprint density at radius 3 is 2.55 bits per heavy atom. The minimum Gasteiger partial charge on any atom is -0.267 e. The van der Waals surface area contributed by atoms with Gasteiger partial charge in [-0.05, 0) is 19.9 Å². The van der Waals surface area contributed by atoms with Gasteiger partial charge in [-0.25, -0.2) is 0 Å². The Hall–Kier alpha value is -0.610. The smallest absolute Gasteiger partial charge is 0.267 e. The highest BCUT2D eigenvalue weighted by atomic mass is 32.2. The van der Waals surface area contributed by atoms with Crippen LogP contribution >= 0.6 is 0 Å². The molecule has 0 heterocycles. The minimum absolute atomic E-state index is 0.157. The molecule has 0 bridgehead atoms. The van der Waals surface area contributed by atoms with E-state index in [0.717, 1.165) is 0 Å². The number of hydrogen-bond donors (Lipinski definition) is 0. The van der Waals surface area contributed by atoms with E-state index in [-0.39, 0.29) is 11.5 Å². The van der Waals surface area contributed by atoms with E-state index in [1.165, 1.54) is 19.1 Å². The molecule has 0 aliphatic rings. The number of rotatable bonds is 4. The zero-order chi connectivity index (χ0) is 8.91. The van der Waals surface area contributed by atoms with Crippen molar-refractivity contribution in [3.63, 3.8) is 0 Å². The summed E-state index contributed by atoms with van der Waals surface area (Å²) in [6.07, 6.45) is 2.80. The van der Waals surface area contributed by atoms with Gasteiger partial charge in [-0.3, -0.25) is 4.18 Å². The fourth-order valence-corrected chi connectivity index (χ4v) is 1.26. The van der Waals surface area contributed by atoms with Crippen LogP contribution in [0.2, 0.25) is 0 Å². The minimum atomic E-state index is -3.48. The maximum Gasteiger partial charge on any atom is 0.292 e. The standard InChI is InChI=1S/C7H12O3S/c1-4-6-7(3)11(8,9)10-5-2/h4,6H,1,5H2,2-3H3. The van der Waals surface area contributed by atoms with Crippen LogP contribution < -0.4 is 0 Å². The van der Waals surface area contributed by atoms with Crippen molar-refractivity contribution in [1.29, 1.82) is 0 Å². The van der Waals surface area contributed by atoms with Crippen LogP contribution in [0.5, 0.6) is 0 Å². The lowest BCUT2D eigenvalue weighted by Gasteiger charge is -2.00. The molecular formula is C7H12O3S. The van der Waals surface area contributed by atoms with Crippen molar-refractivity contribution < 1.29 is 12.6 Å². The Morgan fingerprint density at radius 2 is 2.18 bits per heavy atom. The molecule has 0 saturated carbocycles. The first kappa shape index (κ1) is 10.4. The zero-order valence-electron chi connectivity index (χ0n) is 6.70. The SMILES string of the molecule is C=CC=C(C)S(=O)(=O)OCC. The molecule has 0 aliphatic heterocycles. The summed E-state index contributed by atoms with van der Waals surface area (Å²) in [7, 11) is -3.48. The Balaban J connectivity index is 4.56. The Bertz CT molecular complexity index is 249. The van der Waals surface area contributed by atoms with Gasteiger partial charge in [0.25, 0.3) is 10.1 Å². The van der Waals surface area contributed by atoms with Crippen molar-refractivity contribution in [2.75, 3.05) is 6.61 Å². The third kappa shape index (κ3) is 3.34. The van der Waals surface area contributed by atoms with Crippen LogP contribution in [-0.2, 0) is 14.3 Å². The summed E-state index contributed by atoms with van der Waals surface area (Å²) in [5.74, 6) is 0. The van der Waals surface area contributed by atoms with Gasteiger partial charge in [-0.1, -0.05) is 12.7 Å². The molecule has 0 spiro atoms. The Kier molecular flexibility index (Phi) is 4.07. The normalized spacial score (nSPS) is 13.1. The molecule has 4 heteroatoms. The molecule has 0 unspecified atom stereocenters. The Labute approximate surface area is 67.5 Å². The predicted molar refractivity (Wildman–Crippen MR) is 44.5 cm³/mol. The summed E-state index contributed by atoms with van der Waals surface area (Å²) in [4.78, 5) is 0.175. The van der Waals surface area contributed by atoms with E-state index in [1.54, 1.807) is 6.92 Å². The molecule has 3 nitrogen and oxygen atoms in total. The third-order valence-corrected chi connectivity index (χ3v) is 2.49. The molecule has 0 saturated heterocycles. The fourth-order valence-electron chi connectivity index (χ4n) is 0.497. The molecule has 0 aromatic heterocycles. The molecule has 11 heavy (non-hydrogen) atoms. The van der Waals surface area contributed by atoms with Crippen molar-refractivity contribution in [3.8, 4) is 0 Å². The first-order valence-electron chi connectivity index (χ1n) is 3.23. The van der Waals surface area contributed by atoms with Gasteiger partial charge < -0.3 is 0 Å². The quantitative estimate of drug-likeness (QED) is 0.481. The number of allylic oxidation sites excluding steroid dienone is 3. The zero-order valence-corrected chi connectivity index (χ0v) is 7.52. The van der Waals surface area contributed by atoms with E-state index < -0.39 is 10.1 Å². The van der Waals surface area contributed by atoms with Crippen LogP contribution in [-0.4, -0.2) is 15.0 Å². The number of hydrogen-bond acceptors (Lipinski definition) is 3. The summed E-state index contributed by atoms with van der Waals surface area (Å²) in [5, 5.41) is 0. The third-order valence-electron chi connectivity index (χ3n) is 1.02. The van der Waals surface area contributed by atoms with E-state index in [2.05, 4.69) is 10.8 Å². The van der Waals surface area contributed by atoms with Gasteiger partial charge in [0, 0.05) is 0 Å². The van der Waals surface area contributed by atoms with Gasteiger partial charge in [0.05, 0.1) is 11.5 Å². The molecule has 0 N–H and O–H groups in total. The van der Waals surface area contributed by atoms with E-state index in [4.69, 9.17) is 0 Å². The highest BCUT2D eigenvalue weighted by molar-refractivity contribution is 7.90. The molecular weight excluding hydrogens is 164 g/mol. The first-order chi connectivity index (χ1) is 5.04. The monoisotopic (exact) mass is 176 g/mol. The summed E-state index contributed by atoms with van der Waals surface area (Å²) >= 11 is 0.